The van der Waals surface area contributed by atoms with Crippen molar-refractivity contribution in [2.45, 2.75) is 186 Å². The van der Waals surface area contributed by atoms with Crippen molar-refractivity contribution >= 4 is 27.6 Å². The Bertz CT molecular complexity index is 1460. The summed E-state index contributed by atoms with van der Waals surface area (Å²) in [6.45, 7) is 0.280. The first-order valence-electron chi connectivity index (χ1n) is 24.3. The molecule has 0 aromatic rings. The van der Waals surface area contributed by atoms with Gasteiger partial charge in [-0.15, -0.1) is 0 Å². The number of carbonyl (C=O) groups is 2. The summed E-state index contributed by atoms with van der Waals surface area (Å²) in [6, 6.07) is 0. The van der Waals surface area contributed by atoms with E-state index >= 15 is 0 Å². The highest BCUT2D eigenvalue weighted by atomic mass is 31.2. The van der Waals surface area contributed by atoms with Crippen LogP contribution in [0.2, 0.25) is 0 Å². The summed E-state index contributed by atoms with van der Waals surface area (Å²) < 4.78 is 52.9. The molecule has 5 N–H and O–H groups in total. The van der Waals surface area contributed by atoms with E-state index in [0.29, 0.717) is 19.3 Å². The van der Waals surface area contributed by atoms with Crippen molar-refractivity contribution in [3.63, 3.8) is 0 Å². The van der Waals surface area contributed by atoms with Gasteiger partial charge < -0.3 is 34.6 Å². The summed E-state index contributed by atoms with van der Waals surface area (Å²) in [4.78, 5) is 43.7. The van der Waals surface area contributed by atoms with E-state index in [-0.39, 0.29) is 12.8 Å². The van der Waals surface area contributed by atoms with Crippen LogP contribution in [-0.4, -0.2) is 95.0 Å². The third-order valence-corrected chi connectivity index (χ3v) is 11.5. The van der Waals surface area contributed by atoms with E-state index in [9.17, 15) is 43.8 Å². The number of phosphoric ester groups is 2. The van der Waals surface area contributed by atoms with Gasteiger partial charge in [0.05, 0.1) is 26.4 Å². The fourth-order valence-corrected chi connectivity index (χ4v) is 7.41. The van der Waals surface area contributed by atoms with Crippen LogP contribution >= 0.6 is 15.6 Å². The average Bonchev–Trinajstić information content (AvgIpc) is 3.29. The molecule has 0 saturated carbocycles. The fourth-order valence-electron chi connectivity index (χ4n) is 5.82. The second kappa shape index (κ2) is 45.0. The van der Waals surface area contributed by atoms with Gasteiger partial charge in [-0.1, -0.05) is 145 Å². The molecule has 17 heteroatoms. The molecular weight excluding hydrogens is 890 g/mol. The Morgan fingerprint density at radius 1 is 0.394 bits per heavy atom. The van der Waals surface area contributed by atoms with Gasteiger partial charge in [-0.3, -0.25) is 27.7 Å². The summed E-state index contributed by atoms with van der Waals surface area (Å²) in [7, 11) is -9.60. The Hall–Kier alpha value is -2.52. The highest BCUT2D eigenvalue weighted by Gasteiger charge is 2.28. The van der Waals surface area contributed by atoms with Gasteiger partial charge >= 0.3 is 27.6 Å². The fraction of sp³-hybridized carbons (Fsp3) is 0.714. The molecule has 0 heterocycles. The van der Waals surface area contributed by atoms with E-state index in [2.05, 4.69) is 92.7 Å². The summed E-state index contributed by atoms with van der Waals surface area (Å²) in [5.74, 6) is -1.06. The Kier molecular flexibility index (Phi) is 43.2. The topological polar surface area (TPSA) is 225 Å². The molecule has 0 amide bonds. The number of phosphoric acid groups is 2. The zero-order chi connectivity index (χ0) is 48.8. The second-order valence-corrected chi connectivity index (χ2v) is 19.0. The van der Waals surface area contributed by atoms with E-state index in [1.807, 2.05) is 12.2 Å². The zero-order valence-electron chi connectivity index (χ0n) is 40.1. The van der Waals surface area contributed by atoms with Crippen LogP contribution in [0.1, 0.15) is 168 Å². The number of hydrogen-bond donors (Lipinski definition) is 5. The minimum Gasteiger partial charge on any atom is -0.463 e. The number of rotatable bonds is 46. The molecule has 66 heavy (non-hydrogen) atoms. The molecular formula is C49H86O15P2. The van der Waals surface area contributed by atoms with Crippen LogP contribution in [-0.2, 0) is 46.3 Å². The van der Waals surface area contributed by atoms with Crippen molar-refractivity contribution < 1.29 is 71.4 Å². The predicted octanol–water partition coefficient (Wildman–Crippen LogP) is 11.2. The minimum absolute atomic E-state index is 0.118. The Balaban J connectivity index is 3.95. The maximum atomic E-state index is 12.2. The standard InChI is InChI=1S/C49H86O15P2/c1-3-5-7-9-11-13-15-17-19-21-23-25-27-29-31-33-35-37-48(53)59-39-45(50)41-61-65(55,56)63-43-47(52)44-64-66(57,58)62-42-46(51)40-60-49(54)38-36-34-32-30-28-26-24-22-20-18-16-14-12-10-8-6-4-2/h11-14,17-20,23,25,29,31,45-47,50-52H,3-10,15-16,21-22,24,26-28,30,32-44H2,1-2H3,(H,55,56)(H,57,58)/b13-11-,14-12-,19-17-,20-18-,25-23-,31-29-. The van der Waals surface area contributed by atoms with Gasteiger partial charge in [0.2, 0.25) is 0 Å². The van der Waals surface area contributed by atoms with Crippen LogP contribution in [0.3, 0.4) is 0 Å². The molecule has 0 fully saturated rings. The Morgan fingerprint density at radius 3 is 1.03 bits per heavy atom. The SMILES string of the molecule is CCCCC/C=C\C/C=C\C/C=C\C/C=C\CCCC(=O)OCC(O)COP(=O)(O)OCC(O)COP(=O)(O)OCC(O)COC(=O)CCCCCCCCC/C=C\C/C=C\CCCCC. The van der Waals surface area contributed by atoms with Crippen LogP contribution in [0.25, 0.3) is 0 Å². The van der Waals surface area contributed by atoms with Crippen molar-refractivity contribution in [1.82, 2.24) is 0 Å². The molecule has 0 rings (SSSR count). The highest BCUT2D eigenvalue weighted by Crippen LogP contribution is 2.45. The average molecular weight is 977 g/mol. The summed E-state index contributed by atoms with van der Waals surface area (Å²) in [6.07, 6.45) is 44.6. The van der Waals surface area contributed by atoms with E-state index in [4.69, 9.17) is 9.47 Å². The number of aliphatic hydroxyl groups is 3. The van der Waals surface area contributed by atoms with Gasteiger partial charge in [0.15, 0.2) is 0 Å². The van der Waals surface area contributed by atoms with Crippen molar-refractivity contribution in [3.8, 4) is 0 Å². The minimum atomic E-state index is -4.80. The summed E-state index contributed by atoms with van der Waals surface area (Å²) in [5.41, 5.74) is 0. The third-order valence-electron chi connectivity index (χ3n) is 9.63. The van der Waals surface area contributed by atoms with Crippen LogP contribution in [0, 0.1) is 0 Å². The summed E-state index contributed by atoms with van der Waals surface area (Å²) in [5, 5.41) is 30.0. The van der Waals surface area contributed by atoms with Gasteiger partial charge in [0.1, 0.15) is 31.5 Å². The van der Waals surface area contributed by atoms with E-state index in [0.717, 1.165) is 64.2 Å². The maximum absolute atomic E-state index is 12.2. The van der Waals surface area contributed by atoms with Crippen LogP contribution in [0.15, 0.2) is 72.9 Å². The number of esters is 2. The quantitative estimate of drug-likeness (QED) is 0.0166. The molecule has 382 valence electrons. The van der Waals surface area contributed by atoms with Crippen LogP contribution in [0.5, 0.6) is 0 Å². The first-order chi connectivity index (χ1) is 31.8. The predicted molar refractivity (Wildman–Crippen MR) is 260 cm³/mol. The van der Waals surface area contributed by atoms with Crippen molar-refractivity contribution in [3.05, 3.63) is 72.9 Å². The highest BCUT2D eigenvalue weighted by molar-refractivity contribution is 7.47. The molecule has 0 spiro atoms. The van der Waals surface area contributed by atoms with Crippen molar-refractivity contribution in [2.75, 3.05) is 39.6 Å². The molecule has 0 aliphatic carbocycles. The van der Waals surface area contributed by atoms with Gasteiger partial charge in [-0.25, -0.2) is 9.13 Å². The molecule has 0 bridgehead atoms. The monoisotopic (exact) mass is 977 g/mol. The van der Waals surface area contributed by atoms with Gasteiger partial charge in [0, 0.05) is 12.8 Å². The molecule has 5 unspecified atom stereocenters. The molecule has 0 aliphatic heterocycles. The molecule has 0 radical (unpaired) electrons. The summed E-state index contributed by atoms with van der Waals surface area (Å²) >= 11 is 0. The normalized spacial score (nSPS) is 15.7. The number of unbranched alkanes of at least 4 members (excludes halogenated alkanes) is 14. The van der Waals surface area contributed by atoms with Crippen LogP contribution in [0.4, 0.5) is 0 Å². The first kappa shape index (κ1) is 63.5. The van der Waals surface area contributed by atoms with Gasteiger partial charge in [0.25, 0.3) is 0 Å². The van der Waals surface area contributed by atoms with E-state index < -0.39 is 85.5 Å². The molecule has 15 nitrogen and oxygen atoms in total. The lowest BCUT2D eigenvalue weighted by Gasteiger charge is -2.19. The lowest BCUT2D eigenvalue weighted by molar-refractivity contribution is -0.148. The van der Waals surface area contributed by atoms with Crippen molar-refractivity contribution in [2.24, 2.45) is 0 Å². The maximum Gasteiger partial charge on any atom is 0.472 e. The number of ether oxygens (including phenoxy) is 2. The molecule has 0 saturated heterocycles. The number of carbonyl (C=O) groups excluding carboxylic acids is 2. The number of hydrogen-bond acceptors (Lipinski definition) is 13. The smallest absolute Gasteiger partial charge is 0.463 e. The molecule has 0 aliphatic rings. The number of aliphatic hydroxyl groups excluding tert-OH is 3. The second-order valence-electron chi connectivity index (χ2n) is 16.1. The third kappa shape index (κ3) is 46.6. The number of allylic oxidation sites excluding steroid dienone is 12. The molecule has 0 aromatic heterocycles. The Morgan fingerprint density at radius 2 is 0.667 bits per heavy atom. The van der Waals surface area contributed by atoms with E-state index in [1.54, 1.807) is 0 Å². The molecule has 0 aromatic carbocycles. The zero-order valence-corrected chi connectivity index (χ0v) is 41.9. The van der Waals surface area contributed by atoms with Crippen LogP contribution < -0.4 is 0 Å². The lowest BCUT2D eigenvalue weighted by atomic mass is 10.1. The lowest BCUT2D eigenvalue weighted by Crippen LogP contribution is -2.25. The van der Waals surface area contributed by atoms with Gasteiger partial charge in [-0.05, 0) is 83.5 Å². The van der Waals surface area contributed by atoms with Crippen molar-refractivity contribution in [1.29, 1.82) is 0 Å². The van der Waals surface area contributed by atoms with E-state index in [1.165, 1.54) is 57.8 Å². The largest absolute Gasteiger partial charge is 0.472 e. The van der Waals surface area contributed by atoms with Gasteiger partial charge in [-0.2, -0.15) is 0 Å². The molecule has 5 atom stereocenters. The Labute approximate surface area is 396 Å². The first-order valence-corrected chi connectivity index (χ1v) is 27.3.